The number of hydrogen-bond donors (Lipinski definition) is 0. The minimum Gasteiger partial charge on any atom is -0.467 e. The topological polar surface area (TPSA) is 81.8 Å². The second-order valence-corrected chi connectivity index (χ2v) is 7.67. The fourth-order valence-electron chi connectivity index (χ4n) is 3.96. The number of rotatable bonds is 7. The van der Waals surface area contributed by atoms with Gasteiger partial charge in [0.05, 0.1) is 18.7 Å². The van der Waals surface area contributed by atoms with Crippen molar-refractivity contribution in [2.75, 3.05) is 13.2 Å². The highest BCUT2D eigenvalue weighted by Crippen LogP contribution is 2.38. The molecule has 0 aromatic carbocycles. The average Bonchev–Trinajstić information content (AvgIpc) is 3.09. The molecule has 0 unspecified atom stereocenters. The average molecular weight is 384 g/mol. The Morgan fingerprint density at radius 1 is 1.29 bits per heavy atom. The Morgan fingerprint density at radius 2 is 2.07 bits per heavy atom. The van der Waals surface area contributed by atoms with E-state index >= 15 is 0 Å². The van der Waals surface area contributed by atoms with Gasteiger partial charge < -0.3 is 18.6 Å². The van der Waals surface area contributed by atoms with E-state index in [4.69, 9.17) is 9.15 Å². The monoisotopic (exact) mass is 384 g/mol. The predicted octanol–water partition coefficient (Wildman–Crippen LogP) is 2.81. The van der Waals surface area contributed by atoms with Crippen LogP contribution >= 0.6 is 0 Å². The molecule has 2 aliphatic rings. The van der Waals surface area contributed by atoms with Gasteiger partial charge in [0.25, 0.3) is 0 Å². The highest BCUT2D eigenvalue weighted by atomic mass is 16.5. The maximum atomic E-state index is 12.6. The van der Waals surface area contributed by atoms with Gasteiger partial charge in [-0.15, -0.1) is 0 Å². The summed E-state index contributed by atoms with van der Waals surface area (Å²) in [5.74, 6) is -0.694. The molecule has 4 rings (SSSR count). The Morgan fingerprint density at radius 3 is 2.75 bits per heavy atom. The van der Waals surface area contributed by atoms with E-state index in [2.05, 4.69) is 4.57 Å². The van der Waals surface area contributed by atoms with Crippen molar-refractivity contribution in [2.24, 2.45) is 5.92 Å². The molecular weight excluding hydrogens is 360 g/mol. The Kier molecular flexibility index (Phi) is 4.83. The summed E-state index contributed by atoms with van der Waals surface area (Å²) in [4.78, 5) is 38.6. The normalized spacial score (nSPS) is 19.3. The number of hydrogen-bond acceptors (Lipinski definition) is 5. The van der Waals surface area contributed by atoms with Gasteiger partial charge in [-0.3, -0.25) is 14.4 Å². The Hall–Kier alpha value is -2.83. The van der Waals surface area contributed by atoms with Crippen LogP contribution in [0.1, 0.15) is 52.8 Å². The van der Waals surface area contributed by atoms with Crippen molar-refractivity contribution in [3.63, 3.8) is 0 Å². The van der Waals surface area contributed by atoms with Crippen molar-refractivity contribution in [3.8, 4) is 0 Å². The summed E-state index contributed by atoms with van der Waals surface area (Å²) >= 11 is 0. The van der Waals surface area contributed by atoms with Gasteiger partial charge in [-0.1, -0.05) is 0 Å². The summed E-state index contributed by atoms with van der Waals surface area (Å²) in [6.45, 7) is 4.25. The quantitative estimate of drug-likeness (QED) is 0.542. The number of furan rings is 1. The zero-order valence-electron chi connectivity index (χ0n) is 16.1. The van der Waals surface area contributed by atoms with Gasteiger partial charge in [-0.25, -0.2) is 0 Å². The molecule has 2 aromatic heterocycles. The summed E-state index contributed by atoms with van der Waals surface area (Å²) in [6, 6.07) is 5.91. The number of nitrogens with zero attached hydrogens (tertiary/aromatic N) is 2. The molecule has 1 saturated heterocycles. The Bertz CT molecular complexity index is 908. The summed E-state index contributed by atoms with van der Waals surface area (Å²) < 4.78 is 12.7. The molecule has 2 aromatic rings. The van der Waals surface area contributed by atoms with E-state index in [1.54, 1.807) is 23.3 Å². The molecule has 7 heteroatoms. The molecule has 0 N–H and O–H groups in total. The molecule has 1 atom stereocenters. The van der Waals surface area contributed by atoms with Crippen LogP contribution in [-0.4, -0.2) is 40.3 Å². The number of Topliss-reactive ketones (excluding diaryl/α,β-unsaturated/α-hetero) is 1. The third kappa shape index (κ3) is 3.61. The standard InChI is InChI=1S/C21H24N2O5/c1-13-8-18(14(2)23(13)16-5-6-16)19(24)12-28-21(26)15-9-20(25)22(10-15)11-17-4-3-7-27-17/h3-4,7-8,15-16H,5-6,9-12H2,1-2H3/t15-/m1/s1. The lowest BCUT2D eigenvalue weighted by molar-refractivity contribution is -0.147. The largest absolute Gasteiger partial charge is 0.467 e. The lowest BCUT2D eigenvalue weighted by Gasteiger charge is -2.14. The van der Waals surface area contributed by atoms with Crippen molar-refractivity contribution in [3.05, 3.63) is 47.2 Å². The van der Waals surface area contributed by atoms with Crippen LogP contribution < -0.4 is 0 Å². The van der Waals surface area contributed by atoms with Gasteiger partial charge in [0.15, 0.2) is 6.61 Å². The van der Waals surface area contributed by atoms with Crippen molar-refractivity contribution in [1.82, 2.24) is 9.47 Å². The van der Waals surface area contributed by atoms with Crippen molar-refractivity contribution in [1.29, 1.82) is 0 Å². The van der Waals surface area contributed by atoms with E-state index in [0.29, 0.717) is 23.9 Å². The second kappa shape index (κ2) is 7.30. The van der Waals surface area contributed by atoms with Crippen LogP contribution in [0.4, 0.5) is 0 Å². The minimum atomic E-state index is -0.547. The summed E-state index contributed by atoms with van der Waals surface area (Å²) in [5, 5.41) is 0. The van der Waals surface area contributed by atoms with E-state index < -0.39 is 11.9 Å². The van der Waals surface area contributed by atoms with E-state index in [9.17, 15) is 14.4 Å². The maximum absolute atomic E-state index is 12.6. The molecular formula is C21H24N2O5. The van der Waals surface area contributed by atoms with Crippen LogP contribution in [0, 0.1) is 19.8 Å². The first-order valence-corrected chi connectivity index (χ1v) is 9.62. The molecule has 2 fully saturated rings. The molecule has 28 heavy (non-hydrogen) atoms. The van der Waals surface area contributed by atoms with Gasteiger partial charge in [0.1, 0.15) is 5.76 Å². The van der Waals surface area contributed by atoms with Crippen LogP contribution in [0.15, 0.2) is 28.9 Å². The van der Waals surface area contributed by atoms with Crippen LogP contribution in [-0.2, 0) is 20.9 Å². The molecule has 0 bridgehead atoms. The predicted molar refractivity (Wildman–Crippen MR) is 99.7 cm³/mol. The van der Waals surface area contributed by atoms with E-state index in [1.807, 2.05) is 19.9 Å². The number of esters is 1. The van der Waals surface area contributed by atoms with Gasteiger partial charge in [0.2, 0.25) is 11.7 Å². The number of aryl methyl sites for hydroxylation is 1. The van der Waals surface area contributed by atoms with Crippen molar-refractivity contribution >= 4 is 17.7 Å². The van der Waals surface area contributed by atoms with E-state index in [1.165, 1.54) is 0 Å². The van der Waals surface area contributed by atoms with Gasteiger partial charge >= 0.3 is 5.97 Å². The van der Waals surface area contributed by atoms with Crippen LogP contribution in [0.25, 0.3) is 0 Å². The fraction of sp³-hybridized carbons (Fsp3) is 0.476. The summed E-state index contributed by atoms with van der Waals surface area (Å²) in [7, 11) is 0. The number of carbonyl (C=O) groups is 3. The number of likely N-dealkylation sites (tertiary alicyclic amines) is 1. The summed E-state index contributed by atoms with van der Waals surface area (Å²) in [6.07, 6.45) is 3.93. The molecule has 7 nitrogen and oxygen atoms in total. The lowest BCUT2D eigenvalue weighted by atomic mass is 10.1. The van der Waals surface area contributed by atoms with Gasteiger partial charge in [-0.05, 0) is 44.9 Å². The highest BCUT2D eigenvalue weighted by molar-refractivity contribution is 5.99. The molecule has 1 amide bonds. The molecule has 3 heterocycles. The molecule has 0 spiro atoms. The highest BCUT2D eigenvalue weighted by Gasteiger charge is 2.36. The smallest absolute Gasteiger partial charge is 0.311 e. The SMILES string of the molecule is Cc1cc(C(=O)COC(=O)[C@@H]2CC(=O)N(Cc3ccco3)C2)c(C)n1C1CC1. The first kappa shape index (κ1) is 18.5. The third-order valence-electron chi connectivity index (χ3n) is 5.52. The Balaban J connectivity index is 1.32. The molecule has 1 saturated carbocycles. The van der Waals surface area contributed by atoms with Crippen LogP contribution in [0.3, 0.4) is 0 Å². The van der Waals surface area contributed by atoms with Crippen molar-refractivity contribution < 1.29 is 23.5 Å². The molecule has 1 aliphatic carbocycles. The Labute approximate surface area is 163 Å². The van der Waals surface area contributed by atoms with E-state index in [-0.39, 0.29) is 31.3 Å². The minimum absolute atomic E-state index is 0.101. The molecule has 0 radical (unpaired) electrons. The fourth-order valence-corrected chi connectivity index (χ4v) is 3.96. The molecule has 1 aliphatic heterocycles. The van der Waals surface area contributed by atoms with Crippen LogP contribution in [0.2, 0.25) is 0 Å². The number of ketones is 1. The van der Waals surface area contributed by atoms with E-state index in [0.717, 1.165) is 24.2 Å². The maximum Gasteiger partial charge on any atom is 0.311 e. The first-order valence-electron chi connectivity index (χ1n) is 9.62. The lowest BCUT2D eigenvalue weighted by Crippen LogP contribution is -2.27. The summed E-state index contributed by atoms with van der Waals surface area (Å²) in [5.41, 5.74) is 2.60. The number of ether oxygens (including phenoxy) is 1. The van der Waals surface area contributed by atoms with Gasteiger partial charge in [-0.2, -0.15) is 0 Å². The third-order valence-corrected chi connectivity index (χ3v) is 5.52. The zero-order valence-corrected chi connectivity index (χ0v) is 16.1. The van der Waals surface area contributed by atoms with Crippen LogP contribution in [0.5, 0.6) is 0 Å². The molecule has 148 valence electrons. The van der Waals surface area contributed by atoms with Crippen molar-refractivity contribution in [2.45, 2.75) is 45.7 Å². The number of amides is 1. The first-order chi connectivity index (χ1) is 13.4. The number of aromatic nitrogens is 1. The second-order valence-electron chi connectivity index (χ2n) is 7.67. The number of carbonyl (C=O) groups excluding carboxylic acids is 3. The zero-order chi connectivity index (χ0) is 19.8. The van der Waals surface area contributed by atoms with Gasteiger partial charge in [0, 0.05) is 36.0 Å².